The van der Waals surface area contributed by atoms with Gasteiger partial charge in [-0.05, 0) is 76.9 Å². The van der Waals surface area contributed by atoms with Crippen LogP contribution in [0.3, 0.4) is 0 Å². The van der Waals surface area contributed by atoms with Crippen molar-refractivity contribution >= 4 is 39.8 Å². The molecule has 5 aromatic carbocycles. The lowest BCUT2D eigenvalue weighted by Crippen LogP contribution is -2.40. The summed E-state index contributed by atoms with van der Waals surface area (Å²) in [5, 5.41) is 5.31. The van der Waals surface area contributed by atoms with E-state index in [1.54, 1.807) is 18.6 Å². The van der Waals surface area contributed by atoms with Crippen LogP contribution in [0, 0.1) is 0 Å². The lowest BCUT2D eigenvalue weighted by atomic mass is 9.95. The topological polar surface area (TPSA) is 81.9 Å². The number of hydrogen-bond acceptors (Lipinski definition) is 6. The molecule has 7 rings (SSSR count). The number of carbonyl (C=O) groups is 1. The molecule has 0 saturated carbocycles. The van der Waals surface area contributed by atoms with Gasteiger partial charge in [0, 0.05) is 5.69 Å². The van der Waals surface area contributed by atoms with Gasteiger partial charge in [0.25, 0.3) is 11.5 Å². The van der Waals surface area contributed by atoms with Crippen molar-refractivity contribution in [3.8, 4) is 11.5 Å². The Morgan fingerprint density at radius 1 is 0.894 bits per heavy atom. The molecule has 1 aliphatic heterocycles. The van der Waals surface area contributed by atoms with Gasteiger partial charge in [-0.25, -0.2) is 4.99 Å². The second-order valence-electron chi connectivity index (χ2n) is 11.2. The first-order valence-electron chi connectivity index (χ1n) is 15.2. The van der Waals surface area contributed by atoms with Crippen LogP contribution in [0.5, 0.6) is 11.5 Å². The fourth-order valence-electron chi connectivity index (χ4n) is 5.88. The third-order valence-electron chi connectivity index (χ3n) is 8.14. The molecular weight excluding hydrogens is 607 g/mol. The number of fused-ring (bicyclic) bond motifs is 2. The van der Waals surface area contributed by atoms with E-state index in [1.807, 2.05) is 103 Å². The lowest BCUT2D eigenvalue weighted by molar-refractivity contribution is -0.113. The van der Waals surface area contributed by atoms with E-state index in [9.17, 15) is 9.59 Å². The zero-order valence-electron chi connectivity index (χ0n) is 25.8. The van der Waals surface area contributed by atoms with E-state index in [4.69, 9.17) is 14.5 Å². The lowest BCUT2D eigenvalue weighted by Gasteiger charge is -2.25. The molecule has 232 valence electrons. The first-order valence-corrected chi connectivity index (χ1v) is 16.0. The molecule has 6 aromatic rings. The number of aromatic nitrogens is 1. The SMILES string of the molecule is COc1cccc([C@@H]2C(C(=O)Nc3ccccc3)=C(C)N=c3s/c(=C\c4cccc(OCc5cccc6ccccc56)c4)c(=O)n32)c1. The van der Waals surface area contributed by atoms with Crippen LogP contribution in [-0.2, 0) is 11.4 Å². The van der Waals surface area contributed by atoms with Gasteiger partial charge in [-0.3, -0.25) is 14.2 Å². The Labute approximate surface area is 275 Å². The molecule has 0 saturated heterocycles. The van der Waals surface area contributed by atoms with Crippen LogP contribution >= 0.6 is 11.3 Å². The van der Waals surface area contributed by atoms with Gasteiger partial charge in [0.05, 0.1) is 29.0 Å². The van der Waals surface area contributed by atoms with Gasteiger partial charge >= 0.3 is 0 Å². The molecule has 1 atom stereocenters. The summed E-state index contributed by atoms with van der Waals surface area (Å²) in [6, 6.07) is 38.1. The molecule has 0 radical (unpaired) electrons. The number of hydrogen-bond donors (Lipinski definition) is 1. The number of methoxy groups -OCH3 is 1. The van der Waals surface area contributed by atoms with Crippen molar-refractivity contribution in [2.75, 3.05) is 12.4 Å². The highest BCUT2D eigenvalue weighted by Crippen LogP contribution is 2.32. The number of carbonyl (C=O) groups excluding carboxylic acids is 1. The minimum Gasteiger partial charge on any atom is -0.497 e. The zero-order valence-corrected chi connectivity index (χ0v) is 26.7. The Balaban J connectivity index is 1.25. The fourth-order valence-corrected chi connectivity index (χ4v) is 6.93. The smallest absolute Gasteiger partial charge is 0.271 e. The van der Waals surface area contributed by atoms with Gasteiger partial charge in [0.15, 0.2) is 4.80 Å². The van der Waals surface area contributed by atoms with Gasteiger partial charge < -0.3 is 14.8 Å². The van der Waals surface area contributed by atoms with Crippen LogP contribution in [0.1, 0.15) is 29.7 Å². The third-order valence-corrected chi connectivity index (χ3v) is 9.12. The van der Waals surface area contributed by atoms with E-state index in [0.29, 0.717) is 44.4 Å². The number of nitrogens with zero attached hydrogens (tertiary/aromatic N) is 2. The maximum Gasteiger partial charge on any atom is 0.271 e. The number of anilines is 1. The average Bonchev–Trinajstić information content (AvgIpc) is 3.40. The quantitative estimate of drug-likeness (QED) is 0.204. The van der Waals surface area contributed by atoms with Crippen LogP contribution < -0.4 is 29.7 Å². The number of para-hydroxylation sites is 1. The highest BCUT2D eigenvalue weighted by molar-refractivity contribution is 7.07. The van der Waals surface area contributed by atoms with Gasteiger partial charge in [-0.2, -0.15) is 0 Å². The Morgan fingerprint density at radius 2 is 1.64 bits per heavy atom. The van der Waals surface area contributed by atoms with Crippen molar-refractivity contribution in [2.24, 2.45) is 4.99 Å². The van der Waals surface area contributed by atoms with Crippen LogP contribution in [0.2, 0.25) is 0 Å². The highest BCUT2D eigenvalue weighted by Gasteiger charge is 2.32. The number of nitrogens with one attached hydrogen (secondary N) is 1. The predicted octanol–water partition coefficient (Wildman–Crippen LogP) is 6.61. The maximum atomic E-state index is 14.2. The number of benzene rings is 5. The van der Waals surface area contributed by atoms with Crippen molar-refractivity contribution in [2.45, 2.75) is 19.6 Å². The molecule has 0 aliphatic carbocycles. The normalized spacial score (nSPS) is 14.4. The summed E-state index contributed by atoms with van der Waals surface area (Å²) in [5.41, 5.74) is 4.02. The molecule has 0 bridgehead atoms. The third kappa shape index (κ3) is 6.11. The first kappa shape index (κ1) is 30.0. The summed E-state index contributed by atoms with van der Waals surface area (Å²) in [6.45, 7) is 2.22. The van der Waals surface area contributed by atoms with E-state index in [1.165, 1.54) is 16.7 Å². The molecule has 0 unspecified atom stereocenters. The standard InChI is InChI=1S/C39H31N3O4S/c1-25-35(37(43)41-30-16-4-3-5-17-30)36(28-14-10-18-31(23-28)45-2)42-38(44)34(47-39(42)40-25)22-26-11-8-19-32(21-26)46-24-29-15-9-13-27-12-6-7-20-33(27)29/h3-23,36H,24H2,1-2H3,(H,41,43)/b34-22-/t36-/m1/s1. The number of amides is 1. The van der Waals surface area contributed by atoms with E-state index in [2.05, 4.69) is 29.6 Å². The number of ether oxygens (including phenoxy) is 2. The summed E-state index contributed by atoms with van der Waals surface area (Å²) in [6.07, 6.45) is 1.85. The Hall–Kier alpha value is -5.73. The number of allylic oxidation sites excluding steroid dienone is 1. The largest absolute Gasteiger partial charge is 0.497 e. The second-order valence-corrected chi connectivity index (χ2v) is 12.2. The van der Waals surface area contributed by atoms with Crippen molar-refractivity contribution in [1.29, 1.82) is 0 Å². The molecule has 0 fully saturated rings. The van der Waals surface area contributed by atoms with Crippen molar-refractivity contribution in [1.82, 2.24) is 4.57 Å². The minimum atomic E-state index is -0.706. The first-order chi connectivity index (χ1) is 23.0. The number of thiazole rings is 1. The van der Waals surface area contributed by atoms with E-state index >= 15 is 0 Å². The Bertz CT molecular complexity index is 2340. The number of rotatable bonds is 8. The van der Waals surface area contributed by atoms with Crippen LogP contribution in [0.4, 0.5) is 5.69 Å². The van der Waals surface area contributed by atoms with Gasteiger partial charge in [0.1, 0.15) is 18.1 Å². The molecule has 8 heteroatoms. The minimum absolute atomic E-state index is 0.235. The van der Waals surface area contributed by atoms with Crippen LogP contribution in [0.25, 0.3) is 16.8 Å². The predicted molar refractivity (Wildman–Crippen MR) is 187 cm³/mol. The summed E-state index contributed by atoms with van der Waals surface area (Å²) < 4.78 is 13.8. The summed E-state index contributed by atoms with van der Waals surface area (Å²) in [4.78, 5) is 33.3. The summed E-state index contributed by atoms with van der Waals surface area (Å²) in [7, 11) is 1.59. The van der Waals surface area contributed by atoms with Gasteiger partial charge in [0.2, 0.25) is 0 Å². The van der Waals surface area contributed by atoms with E-state index < -0.39 is 6.04 Å². The Kier molecular flexibility index (Phi) is 8.25. The van der Waals surface area contributed by atoms with E-state index in [-0.39, 0.29) is 11.5 Å². The molecule has 2 heterocycles. The molecule has 1 amide bonds. The molecule has 7 nitrogen and oxygen atoms in total. The summed E-state index contributed by atoms with van der Waals surface area (Å²) in [5.74, 6) is 1.00. The molecule has 0 spiro atoms. The maximum absolute atomic E-state index is 14.2. The summed E-state index contributed by atoms with van der Waals surface area (Å²) >= 11 is 1.29. The molecule has 47 heavy (non-hydrogen) atoms. The van der Waals surface area contributed by atoms with Crippen molar-refractivity contribution < 1.29 is 14.3 Å². The van der Waals surface area contributed by atoms with E-state index in [0.717, 1.165) is 22.1 Å². The fraction of sp³-hybridized carbons (Fsp3) is 0.103. The molecule has 1 aliphatic rings. The van der Waals surface area contributed by atoms with Gasteiger partial charge in [-0.1, -0.05) is 96.3 Å². The van der Waals surface area contributed by atoms with Crippen molar-refractivity contribution in [3.63, 3.8) is 0 Å². The van der Waals surface area contributed by atoms with Crippen LogP contribution in [0.15, 0.2) is 142 Å². The molecule has 1 N–H and O–H groups in total. The van der Waals surface area contributed by atoms with Crippen LogP contribution in [-0.4, -0.2) is 17.6 Å². The Morgan fingerprint density at radius 3 is 2.49 bits per heavy atom. The molecule has 1 aromatic heterocycles. The zero-order chi connectivity index (χ0) is 32.3. The van der Waals surface area contributed by atoms with Gasteiger partial charge in [-0.15, -0.1) is 0 Å². The average molecular weight is 638 g/mol. The highest BCUT2D eigenvalue weighted by atomic mass is 32.1. The molecular formula is C39H31N3O4S. The monoisotopic (exact) mass is 637 g/mol. The van der Waals surface area contributed by atoms with Crippen molar-refractivity contribution in [3.05, 3.63) is 169 Å². The second kappa shape index (κ2) is 12.9.